The van der Waals surface area contributed by atoms with Crippen LogP contribution in [0.25, 0.3) is 22.3 Å². The number of nitrogens with zero attached hydrogens (tertiary/aromatic N) is 3. The summed E-state index contributed by atoms with van der Waals surface area (Å²) in [4.78, 5) is 12.7. The minimum atomic E-state index is -0.374. The maximum Gasteiger partial charge on any atom is 0.245 e. The molecular formula is C16H15FN4O2. The number of methoxy groups -OCH3 is 1. The van der Waals surface area contributed by atoms with Crippen molar-refractivity contribution < 1.29 is 13.9 Å². The summed E-state index contributed by atoms with van der Waals surface area (Å²) in [5.41, 5.74) is 7.76. The average molecular weight is 314 g/mol. The lowest BCUT2D eigenvalue weighted by molar-refractivity contribution is 0.330. The predicted molar refractivity (Wildman–Crippen MR) is 84.9 cm³/mol. The van der Waals surface area contributed by atoms with E-state index in [1.165, 1.54) is 19.2 Å². The number of anilines is 1. The molecule has 0 aliphatic rings. The van der Waals surface area contributed by atoms with Crippen LogP contribution in [0.3, 0.4) is 0 Å². The molecule has 2 aromatic heterocycles. The molecule has 0 aliphatic carbocycles. The summed E-state index contributed by atoms with van der Waals surface area (Å²) >= 11 is 0. The lowest BCUT2D eigenvalue weighted by atomic mass is 10.1. The van der Waals surface area contributed by atoms with Crippen molar-refractivity contribution in [2.24, 2.45) is 0 Å². The highest BCUT2D eigenvalue weighted by atomic mass is 19.1. The van der Waals surface area contributed by atoms with Crippen LogP contribution in [-0.2, 0) is 0 Å². The molecule has 0 radical (unpaired) electrons. The van der Waals surface area contributed by atoms with E-state index in [0.717, 1.165) is 0 Å². The molecule has 6 nitrogen and oxygen atoms in total. The first-order valence-electron chi connectivity index (χ1n) is 7.03. The summed E-state index contributed by atoms with van der Waals surface area (Å²) in [7, 11) is 1.52. The van der Waals surface area contributed by atoms with Crippen molar-refractivity contribution in [1.29, 1.82) is 0 Å². The molecule has 1 aromatic carbocycles. The summed E-state index contributed by atoms with van der Waals surface area (Å²) in [6.07, 6.45) is 0. The highest BCUT2D eigenvalue weighted by Crippen LogP contribution is 2.32. The Hall–Kier alpha value is -2.96. The molecule has 2 heterocycles. The fourth-order valence-corrected chi connectivity index (χ4v) is 2.27. The molecule has 0 bridgehead atoms. The molecule has 0 aliphatic heterocycles. The van der Waals surface area contributed by atoms with Crippen molar-refractivity contribution in [2.75, 3.05) is 19.5 Å². The van der Waals surface area contributed by atoms with Crippen LogP contribution in [0, 0.1) is 5.82 Å². The van der Waals surface area contributed by atoms with Gasteiger partial charge in [-0.25, -0.2) is 14.4 Å². The third kappa shape index (κ3) is 2.85. The highest BCUT2D eigenvalue weighted by Gasteiger charge is 2.13. The molecule has 2 N–H and O–H groups in total. The zero-order valence-electron chi connectivity index (χ0n) is 12.7. The van der Waals surface area contributed by atoms with Crippen LogP contribution < -0.4 is 15.2 Å². The Kier molecular flexibility index (Phi) is 3.92. The molecule has 0 atom stereocenters. The maximum atomic E-state index is 13.6. The number of aromatic nitrogens is 3. The summed E-state index contributed by atoms with van der Waals surface area (Å²) < 4.78 is 24.3. The van der Waals surface area contributed by atoms with E-state index < -0.39 is 0 Å². The Morgan fingerprint density at radius 3 is 2.70 bits per heavy atom. The van der Waals surface area contributed by atoms with E-state index in [0.29, 0.717) is 40.5 Å². The van der Waals surface area contributed by atoms with Gasteiger partial charge in [0.1, 0.15) is 11.6 Å². The van der Waals surface area contributed by atoms with E-state index in [1.54, 1.807) is 18.2 Å². The molecule has 7 heteroatoms. The number of nitrogens with two attached hydrogens (primary N) is 1. The van der Waals surface area contributed by atoms with E-state index in [4.69, 9.17) is 15.2 Å². The van der Waals surface area contributed by atoms with Gasteiger partial charge in [0.15, 0.2) is 5.52 Å². The summed E-state index contributed by atoms with van der Waals surface area (Å²) in [6, 6.07) is 7.72. The summed E-state index contributed by atoms with van der Waals surface area (Å²) in [6.45, 7) is 2.25. The van der Waals surface area contributed by atoms with Crippen molar-refractivity contribution in [2.45, 2.75) is 6.92 Å². The summed E-state index contributed by atoms with van der Waals surface area (Å²) in [5, 5.41) is 0. The zero-order chi connectivity index (χ0) is 16.4. The smallest absolute Gasteiger partial charge is 0.245 e. The summed E-state index contributed by atoms with van der Waals surface area (Å²) in [5.74, 6) is 0.555. The number of pyridine rings is 1. The number of rotatable bonds is 4. The van der Waals surface area contributed by atoms with Gasteiger partial charge < -0.3 is 15.2 Å². The lowest BCUT2D eigenvalue weighted by Crippen LogP contribution is -2.03. The van der Waals surface area contributed by atoms with Crippen LogP contribution in [0.1, 0.15) is 6.92 Å². The van der Waals surface area contributed by atoms with Gasteiger partial charge in [0, 0.05) is 5.56 Å². The topological polar surface area (TPSA) is 83.2 Å². The van der Waals surface area contributed by atoms with Gasteiger partial charge in [-0.3, -0.25) is 0 Å². The minimum Gasteiger partial charge on any atom is -0.496 e. The molecular weight excluding hydrogens is 299 g/mol. The maximum absolute atomic E-state index is 13.6. The van der Waals surface area contributed by atoms with E-state index in [2.05, 4.69) is 15.0 Å². The van der Waals surface area contributed by atoms with Crippen molar-refractivity contribution in [3.8, 4) is 22.9 Å². The molecule has 0 amide bonds. The fraction of sp³-hybridized carbons (Fsp3) is 0.188. The first-order chi connectivity index (χ1) is 11.1. The van der Waals surface area contributed by atoms with Crippen LogP contribution in [0.2, 0.25) is 0 Å². The van der Waals surface area contributed by atoms with E-state index >= 15 is 0 Å². The molecule has 118 valence electrons. The van der Waals surface area contributed by atoms with E-state index in [-0.39, 0.29) is 11.8 Å². The van der Waals surface area contributed by atoms with Gasteiger partial charge >= 0.3 is 0 Å². The van der Waals surface area contributed by atoms with Crippen LogP contribution in [-0.4, -0.2) is 28.7 Å². The fourth-order valence-electron chi connectivity index (χ4n) is 2.27. The third-order valence-electron chi connectivity index (χ3n) is 3.25. The number of nitrogen functional groups attached to an aromatic ring is 1. The second kappa shape index (κ2) is 6.04. The van der Waals surface area contributed by atoms with Crippen molar-refractivity contribution in [3.05, 3.63) is 36.1 Å². The quantitative estimate of drug-likeness (QED) is 0.797. The Morgan fingerprint density at radius 2 is 1.96 bits per heavy atom. The third-order valence-corrected chi connectivity index (χ3v) is 3.25. The number of benzene rings is 1. The first kappa shape index (κ1) is 15.0. The number of halogens is 1. The molecule has 23 heavy (non-hydrogen) atoms. The first-order valence-corrected chi connectivity index (χ1v) is 7.03. The Bertz CT molecular complexity index is 870. The lowest BCUT2D eigenvalue weighted by Gasteiger charge is -2.10. The van der Waals surface area contributed by atoms with Crippen LogP contribution >= 0.6 is 0 Å². The molecule has 0 saturated carbocycles. The number of ether oxygens (including phenoxy) is 2. The monoisotopic (exact) mass is 314 g/mol. The predicted octanol–water partition coefficient (Wildman–Crippen LogP) is 2.82. The minimum absolute atomic E-state index is 0.110. The van der Waals surface area contributed by atoms with Gasteiger partial charge in [0.2, 0.25) is 11.8 Å². The Labute approximate surface area is 132 Å². The molecule has 0 saturated heterocycles. The number of hydrogen-bond acceptors (Lipinski definition) is 6. The highest BCUT2D eigenvalue weighted by molar-refractivity contribution is 5.83. The molecule has 0 unspecified atom stereocenters. The largest absolute Gasteiger partial charge is 0.496 e. The van der Waals surface area contributed by atoms with Gasteiger partial charge in [-0.05, 0) is 37.3 Å². The van der Waals surface area contributed by atoms with Crippen LogP contribution in [0.4, 0.5) is 10.3 Å². The molecule has 3 rings (SSSR count). The van der Waals surface area contributed by atoms with Crippen molar-refractivity contribution in [1.82, 2.24) is 15.0 Å². The number of hydrogen-bond donors (Lipinski definition) is 1. The number of fused-ring (bicyclic) bond motifs is 1. The van der Waals surface area contributed by atoms with Gasteiger partial charge in [-0.1, -0.05) is 0 Å². The molecule has 0 fully saturated rings. The SMILES string of the molecule is CCOc1nc(N)nc2ccc(-c3cc(F)ccc3OC)nc12. The van der Waals surface area contributed by atoms with Crippen molar-refractivity contribution >= 4 is 17.0 Å². The molecule has 0 spiro atoms. The standard InChI is InChI=1S/C16H15FN4O2/c1-3-23-15-14-12(20-16(18)21-15)6-5-11(19-14)10-8-9(17)4-7-13(10)22-2/h4-8H,3H2,1-2H3,(H2,18,20,21). The van der Waals surface area contributed by atoms with Gasteiger partial charge in [0.25, 0.3) is 0 Å². The average Bonchev–Trinajstić information content (AvgIpc) is 2.54. The van der Waals surface area contributed by atoms with Gasteiger partial charge in [-0.2, -0.15) is 4.98 Å². The van der Waals surface area contributed by atoms with E-state index in [1.807, 2.05) is 6.92 Å². The second-order valence-electron chi connectivity index (χ2n) is 4.73. The Balaban J connectivity index is 2.22. The van der Waals surface area contributed by atoms with Gasteiger partial charge in [-0.15, -0.1) is 0 Å². The molecule has 3 aromatic rings. The van der Waals surface area contributed by atoms with Gasteiger partial charge in [0.05, 0.1) is 24.9 Å². The van der Waals surface area contributed by atoms with Crippen LogP contribution in [0.15, 0.2) is 30.3 Å². The van der Waals surface area contributed by atoms with E-state index in [9.17, 15) is 4.39 Å². The second-order valence-corrected chi connectivity index (χ2v) is 4.73. The zero-order valence-corrected chi connectivity index (χ0v) is 12.7. The van der Waals surface area contributed by atoms with Crippen LogP contribution in [0.5, 0.6) is 11.6 Å². The Morgan fingerprint density at radius 1 is 1.13 bits per heavy atom. The van der Waals surface area contributed by atoms with Crippen molar-refractivity contribution in [3.63, 3.8) is 0 Å². The normalized spacial score (nSPS) is 10.7.